The van der Waals surface area contributed by atoms with Crippen LogP contribution in [0.2, 0.25) is 0 Å². The van der Waals surface area contributed by atoms with Gasteiger partial charge in [0.2, 0.25) is 0 Å². The molecule has 0 spiro atoms. The third-order valence-corrected chi connectivity index (χ3v) is 2.72. The Balaban J connectivity index is 2.00. The van der Waals surface area contributed by atoms with Gasteiger partial charge in [-0.25, -0.2) is 4.98 Å². The fraction of sp³-hybridized carbons (Fsp3) is 0.545. The third kappa shape index (κ3) is 3.58. The number of quaternary nitrogens is 3. The Bertz CT molecular complexity index is 275. The van der Waals surface area contributed by atoms with E-state index in [1.54, 1.807) is 0 Å². The van der Waals surface area contributed by atoms with Crippen LogP contribution in [0.5, 0.6) is 0 Å². The molecule has 15 heavy (non-hydrogen) atoms. The number of rotatable bonds is 0. The largest absolute Gasteiger partial charge is 0.337 e. The minimum Gasteiger partial charge on any atom is -0.337 e. The zero-order chi connectivity index (χ0) is 10.3. The second-order valence-corrected chi connectivity index (χ2v) is 4.05. The maximum absolute atomic E-state index is 4.63. The minimum absolute atomic E-state index is 1.02. The highest BCUT2D eigenvalue weighted by Crippen LogP contribution is 1.96. The zero-order valence-electron chi connectivity index (χ0n) is 9.15. The Morgan fingerprint density at radius 2 is 1.33 bits per heavy atom. The Morgan fingerprint density at radius 1 is 0.800 bits per heavy atom. The van der Waals surface area contributed by atoms with Crippen LogP contribution >= 0.6 is 0 Å². The first-order chi connectivity index (χ1) is 7.45. The van der Waals surface area contributed by atoms with Gasteiger partial charge in [0.25, 0.3) is 0 Å². The van der Waals surface area contributed by atoms with E-state index in [1.807, 2.05) is 0 Å². The summed E-state index contributed by atoms with van der Waals surface area (Å²) in [6.45, 7) is 6.84. The Hall–Kier alpha value is -0.970. The summed E-state index contributed by atoms with van der Waals surface area (Å²) in [5.74, 6) is 0. The Kier molecular flexibility index (Phi) is 4.08. The topological polar surface area (TPSA) is 62.7 Å². The fourth-order valence-corrected chi connectivity index (χ4v) is 1.87. The van der Waals surface area contributed by atoms with E-state index in [0.29, 0.717) is 0 Å². The summed E-state index contributed by atoms with van der Waals surface area (Å²) in [6, 6.07) is 6.36. The van der Waals surface area contributed by atoms with Gasteiger partial charge in [-0.15, -0.1) is 0 Å². The van der Waals surface area contributed by atoms with Gasteiger partial charge in [0.05, 0.1) is 11.4 Å². The molecule has 1 aliphatic rings. The van der Waals surface area contributed by atoms with E-state index in [1.165, 1.54) is 37.6 Å². The van der Waals surface area contributed by atoms with Gasteiger partial charge < -0.3 is 16.0 Å². The van der Waals surface area contributed by atoms with Crippen molar-refractivity contribution in [2.45, 2.75) is 13.1 Å². The highest BCUT2D eigenvalue weighted by atomic mass is 15.0. The molecular weight excluding hydrogens is 188 g/mol. The van der Waals surface area contributed by atoms with E-state index < -0.39 is 0 Å². The van der Waals surface area contributed by atoms with Crippen LogP contribution < -0.4 is 16.0 Å². The van der Waals surface area contributed by atoms with Crippen molar-refractivity contribution >= 4 is 0 Å². The Morgan fingerprint density at radius 3 is 1.93 bits per heavy atom. The van der Waals surface area contributed by atoms with E-state index in [0.717, 1.165) is 13.1 Å². The van der Waals surface area contributed by atoms with E-state index in [-0.39, 0.29) is 0 Å². The molecule has 0 saturated carbocycles. The van der Waals surface area contributed by atoms with Crippen molar-refractivity contribution in [2.75, 3.05) is 26.2 Å². The van der Waals surface area contributed by atoms with E-state index in [2.05, 4.69) is 39.1 Å². The van der Waals surface area contributed by atoms with E-state index >= 15 is 0 Å². The van der Waals surface area contributed by atoms with Gasteiger partial charge in [-0.05, 0) is 12.1 Å². The summed E-state index contributed by atoms with van der Waals surface area (Å²) in [5, 5.41) is 7.08. The molecule has 0 unspecified atom stereocenters. The molecule has 1 aromatic heterocycles. The van der Waals surface area contributed by atoms with Crippen molar-refractivity contribution in [3.8, 4) is 0 Å². The van der Waals surface area contributed by atoms with Crippen molar-refractivity contribution in [2.24, 2.45) is 0 Å². The van der Waals surface area contributed by atoms with Crippen LogP contribution in [-0.4, -0.2) is 31.2 Å². The molecule has 6 N–H and O–H groups in total. The second kappa shape index (κ2) is 5.80. The number of fused-ring (bicyclic) bond motifs is 2. The first-order valence-electron chi connectivity index (χ1n) is 5.85. The highest BCUT2D eigenvalue weighted by molar-refractivity contribution is 5.09. The molecule has 82 valence electrons. The highest BCUT2D eigenvalue weighted by Gasteiger charge is 2.04. The van der Waals surface area contributed by atoms with Gasteiger partial charge >= 0.3 is 0 Å². The minimum atomic E-state index is 1.02. The maximum atomic E-state index is 4.63. The normalized spacial score (nSPS) is 18.9. The number of hydrogen-bond donors (Lipinski definition) is 3. The van der Waals surface area contributed by atoms with Crippen LogP contribution in [0.15, 0.2) is 18.2 Å². The molecular formula is C11H21N4+3. The van der Waals surface area contributed by atoms with Gasteiger partial charge in [0.1, 0.15) is 39.3 Å². The molecule has 1 aromatic rings. The molecule has 0 aliphatic carbocycles. The van der Waals surface area contributed by atoms with Crippen molar-refractivity contribution < 1.29 is 16.0 Å². The molecule has 0 aromatic carbocycles. The first-order valence-corrected chi connectivity index (χ1v) is 5.85. The third-order valence-electron chi connectivity index (χ3n) is 2.72. The summed E-state index contributed by atoms with van der Waals surface area (Å²) in [6.07, 6.45) is 0. The predicted molar refractivity (Wildman–Crippen MR) is 56.9 cm³/mol. The van der Waals surface area contributed by atoms with Crippen LogP contribution in [0.4, 0.5) is 0 Å². The lowest BCUT2D eigenvalue weighted by Crippen LogP contribution is -2.98. The van der Waals surface area contributed by atoms with Gasteiger partial charge in [-0.1, -0.05) is 6.07 Å². The fourth-order valence-electron chi connectivity index (χ4n) is 1.87. The lowest BCUT2D eigenvalue weighted by molar-refractivity contribution is -0.758. The zero-order valence-corrected chi connectivity index (χ0v) is 9.15. The van der Waals surface area contributed by atoms with Crippen molar-refractivity contribution in [3.05, 3.63) is 29.6 Å². The summed E-state index contributed by atoms with van der Waals surface area (Å²) in [4.78, 5) is 4.63. The van der Waals surface area contributed by atoms with Gasteiger partial charge in [0, 0.05) is 0 Å². The number of aromatic nitrogens is 1. The number of pyridine rings is 1. The summed E-state index contributed by atoms with van der Waals surface area (Å²) < 4.78 is 0. The number of nitrogens with zero attached hydrogens (tertiary/aromatic N) is 1. The van der Waals surface area contributed by atoms with E-state index in [4.69, 9.17) is 0 Å². The quantitative estimate of drug-likeness (QED) is 0.414. The van der Waals surface area contributed by atoms with Crippen molar-refractivity contribution in [1.29, 1.82) is 0 Å². The molecule has 4 heteroatoms. The van der Waals surface area contributed by atoms with Crippen molar-refractivity contribution in [1.82, 2.24) is 4.98 Å². The molecule has 0 fully saturated rings. The number of hydrogen-bond acceptors (Lipinski definition) is 1. The smallest absolute Gasteiger partial charge is 0.126 e. The maximum Gasteiger partial charge on any atom is 0.126 e. The Labute approximate surface area is 90.5 Å². The van der Waals surface area contributed by atoms with Crippen LogP contribution in [0.1, 0.15) is 11.4 Å². The standard InChI is InChI=1S/C11H18N4/c1-2-10-8-13-6-4-12-5-7-14-9-11(3-1)15-10/h1-3,12-14H,4-9H2/p+3. The molecule has 0 radical (unpaired) electrons. The summed E-state index contributed by atoms with van der Waals surface area (Å²) >= 11 is 0. The SMILES string of the molecule is c1cc2nc(c1)C[NH2+]CC[NH2+]CC[NH2+]C2. The molecule has 0 amide bonds. The monoisotopic (exact) mass is 209 g/mol. The second-order valence-electron chi connectivity index (χ2n) is 4.05. The van der Waals surface area contributed by atoms with Crippen LogP contribution in [0.25, 0.3) is 0 Å². The lowest BCUT2D eigenvalue weighted by atomic mass is 10.3. The predicted octanol–water partition coefficient (Wildman–Crippen LogP) is -3.21. The lowest BCUT2D eigenvalue weighted by Gasteiger charge is -2.06. The van der Waals surface area contributed by atoms with Crippen LogP contribution in [0.3, 0.4) is 0 Å². The van der Waals surface area contributed by atoms with E-state index in [9.17, 15) is 0 Å². The summed E-state index contributed by atoms with van der Waals surface area (Å²) in [7, 11) is 0. The summed E-state index contributed by atoms with van der Waals surface area (Å²) in [5.41, 5.74) is 2.42. The molecule has 2 heterocycles. The molecule has 4 nitrogen and oxygen atoms in total. The van der Waals surface area contributed by atoms with Crippen LogP contribution in [0, 0.1) is 0 Å². The molecule has 2 bridgehead atoms. The van der Waals surface area contributed by atoms with Gasteiger partial charge in [0.15, 0.2) is 0 Å². The molecule has 2 rings (SSSR count). The average molecular weight is 209 g/mol. The molecule has 1 aliphatic heterocycles. The molecule has 0 atom stereocenters. The number of nitrogens with two attached hydrogens (primary N) is 3. The molecule has 0 saturated heterocycles. The first kappa shape index (κ1) is 10.5. The van der Waals surface area contributed by atoms with Gasteiger partial charge in [-0.2, -0.15) is 0 Å². The average Bonchev–Trinajstić information content (AvgIpc) is 2.26. The van der Waals surface area contributed by atoms with Crippen molar-refractivity contribution in [3.63, 3.8) is 0 Å². The van der Waals surface area contributed by atoms with Crippen LogP contribution in [-0.2, 0) is 13.1 Å². The van der Waals surface area contributed by atoms with Gasteiger partial charge in [-0.3, -0.25) is 0 Å².